The van der Waals surface area contributed by atoms with Crippen LogP contribution in [0.2, 0.25) is 0 Å². The van der Waals surface area contributed by atoms with E-state index in [4.69, 9.17) is 9.84 Å². The molecule has 0 aliphatic heterocycles. The minimum absolute atomic E-state index is 0.0260. The lowest BCUT2D eigenvalue weighted by Gasteiger charge is -2.02. The van der Waals surface area contributed by atoms with Crippen LogP contribution in [0.3, 0.4) is 0 Å². The van der Waals surface area contributed by atoms with Gasteiger partial charge in [0.1, 0.15) is 0 Å². The van der Waals surface area contributed by atoms with Crippen molar-refractivity contribution in [3.8, 4) is 0 Å². The summed E-state index contributed by atoms with van der Waals surface area (Å²) in [6.45, 7) is 8.83. The maximum atomic E-state index is 9.00. The summed E-state index contributed by atoms with van der Waals surface area (Å²) in [6.07, 6.45) is 9.47. The van der Waals surface area contributed by atoms with Crippen molar-refractivity contribution in [3.63, 3.8) is 0 Å². The molecule has 0 heterocycles. The Morgan fingerprint density at radius 2 is 2.07 bits per heavy atom. The Morgan fingerprint density at radius 3 is 2.60 bits per heavy atom. The highest BCUT2D eigenvalue weighted by molar-refractivity contribution is 5.28. The third kappa shape index (κ3) is 7.91. The predicted octanol–water partition coefficient (Wildman–Crippen LogP) is 2.63. The molecule has 0 saturated carbocycles. The van der Waals surface area contributed by atoms with Crippen molar-refractivity contribution in [2.24, 2.45) is 0 Å². The van der Waals surface area contributed by atoms with Gasteiger partial charge < -0.3 is 9.84 Å². The molecule has 0 saturated heterocycles. The van der Waals surface area contributed by atoms with Crippen molar-refractivity contribution in [1.82, 2.24) is 0 Å². The van der Waals surface area contributed by atoms with Crippen LogP contribution < -0.4 is 0 Å². The molecule has 2 heteroatoms. The fourth-order valence-electron chi connectivity index (χ4n) is 1.02. The second-order valence-corrected chi connectivity index (χ2v) is 3.12. The molecule has 0 radical (unpaired) electrons. The van der Waals surface area contributed by atoms with Crippen molar-refractivity contribution in [3.05, 3.63) is 48.1 Å². The second-order valence-electron chi connectivity index (χ2n) is 3.12. The largest absolute Gasteiger partial charge is 0.392 e. The Balaban J connectivity index is 3.98. The topological polar surface area (TPSA) is 29.5 Å². The quantitative estimate of drug-likeness (QED) is 0.396. The van der Waals surface area contributed by atoms with Crippen LogP contribution in [0.15, 0.2) is 48.1 Å². The standard InChI is InChI=1S/C13H20O2/c1-4-6-8-15-11-12(3)9-13(10-14)7-5-2/h4-7,9,14H,3,8,10-11H2,1-2H3/b6-4+,7-5-,13-9+. The molecule has 0 bridgehead atoms. The molecule has 2 nitrogen and oxygen atoms in total. The van der Waals surface area contributed by atoms with E-state index in [0.29, 0.717) is 13.2 Å². The molecule has 1 N–H and O–H groups in total. The van der Waals surface area contributed by atoms with E-state index in [-0.39, 0.29) is 6.61 Å². The van der Waals surface area contributed by atoms with E-state index >= 15 is 0 Å². The van der Waals surface area contributed by atoms with Crippen molar-refractivity contribution in [2.75, 3.05) is 19.8 Å². The molecule has 0 aromatic carbocycles. The molecular formula is C13H20O2. The molecule has 0 aliphatic rings. The summed E-state index contributed by atoms with van der Waals surface area (Å²) in [4.78, 5) is 0. The lowest BCUT2D eigenvalue weighted by atomic mass is 10.2. The summed E-state index contributed by atoms with van der Waals surface area (Å²) in [5.74, 6) is 0. The SMILES string of the molecule is C=C(/C=C(\C=C/C)CO)COC/C=C/C. The molecule has 84 valence electrons. The van der Waals surface area contributed by atoms with E-state index in [1.807, 2.05) is 44.2 Å². The Labute approximate surface area is 92.3 Å². The van der Waals surface area contributed by atoms with Crippen LogP contribution in [0.5, 0.6) is 0 Å². The molecular weight excluding hydrogens is 188 g/mol. The van der Waals surface area contributed by atoms with Crippen LogP contribution in [0, 0.1) is 0 Å². The molecule has 15 heavy (non-hydrogen) atoms. The van der Waals surface area contributed by atoms with Gasteiger partial charge in [0.15, 0.2) is 0 Å². The van der Waals surface area contributed by atoms with Gasteiger partial charge in [0, 0.05) is 0 Å². The summed E-state index contributed by atoms with van der Waals surface area (Å²) in [5.41, 5.74) is 1.71. The van der Waals surface area contributed by atoms with E-state index in [9.17, 15) is 0 Å². The zero-order valence-corrected chi connectivity index (χ0v) is 9.57. The summed E-state index contributed by atoms with van der Waals surface area (Å²) in [7, 11) is 0. The fraction of sp³-hybridized carbons (Fsp3) is 0.385. The average Bonchev–Trinajstić information content (AvgIpc) is 2.24. The van der Waals surface area contributed by atoms with Crippen LogP contribution >= 0.6 is 0 Å². The highest BCUT2D eigenvalue weighted by Crippen LogP contribution is 2.02. The molecule has 0 amide bonds. The first-order chi connectivity index (χ1) is 7.24. The van der Waals surface area contributed by atoms with Crippen LogP contribution in [0.4, 0.5) is 0 Å². The van der Waals surface area contributed by atoms with E-state index in [0.717, 1.165) is 11.1 Å². The third-order valence-corrected chi connectivity index (χ3v) is 1.69. The first-order valence-electron chi connectivity index (χ1n) is 5.05. The van der Waals surface area contributed by atoms with Crippen LogP contribution in [-0.2, 0) is 4.74 Å². The third-order valence-electron chi connectivity index (χ3n) is 1.69. The van der Waals surface area contributed by atoms with Gasteiger partial charge in [-0.2, -0.15) is 0 Å². The normalized spacial score (nSPS) is 12.9. The van der Waals surface area contributed by atoms with Crippen molar-refractivity contribution in [2.45, 2.75) is 13.8 Å². The van der Waals surface area contributed by atoms with Crippen LogP contribution in [0.25, 0.3) is 0 Å². The maximum absolute atomic E-state index is 9.00. The molecule has 0 spiro atoms. The molecule has 0 fully saturated rings. The van der Waals surface area contributed by atoms with E-state index in [1.165, 1.54) is 0 Å². The Bertz CT molecular complexity index is 260. The van der Waals surface area contributed by atoms with Gasteiger partial charge in [-0.15, -0.1) is 0 Å². The Kier molecular flexibility index (Phi) is 8.73. The number of aliphatic hydroxyl groups excluding tert-OH is 1. The summed E-state index contributed by atoms with van der Waals surface area (Å²) in [5, 5.41) is 9.00. The predicted molar refractivity (Wildman–Crippen MR) is 64.8 cm³/mol. The number of hydrogen-bond acceptors (Lipinski definition) is 2. The Morgan fingerprint density at radius 1 is 1.33 bits per heavy atom. The van der Waals surface area contributed by atoms with E-state index < -0.39 is 0 Å². The first kappa shape index (κ1) is 13.9. The number of rotatable bonds is 7. The van der Waals surface area contributed by atoms with Crippen molar-refractivity contribution in [1.29, 1.82) is 0 Å². The molecule has 0 aromatic rings. The minimum atomic E-state index is 0.0260. The lowest BCUT2D eigenvalue weighted by molar-refractivity contribution is 0.189. The van der Waals surface area contributed by atoms with Gasteiger partial charge in [-0.3, -0.25) is 0 Å². The number of hydrogen-bond donors (Lipinski definition) is 1. The molecule has 0 unspecified atom stereocenters. The van der Waals surface area contributed by atoms with Crippen molar-refractivity contribution >= 4 is 0 Å². The molecule has 0 atom stereocenters. The summed E-state index contributed by atoms with van der Waals surface area (Å²) >= 11 is 0. The number of allylic oxidation sites excluding steroid dienone is 2. The van der Waals surface area contributed by atoms with Gasteiger partial charge in [0.2, 0.25) is 0 Å². The lowest BCUT2D eigenvalue weighted by Crippen LogP contribution is -1.97. The van der Waals surface area contributed by atoms with Crippen LogP contribution in [0.1, 0.15) is 13.8 Å². The fourth-order valence-corrected chi connectivity index (χ4v) is 1.02. The van der Waals surface area contributed by atoms with E-state index in [1.54, 1.807) is 0 Å². The number of aliphatic hydroxyl groups is 1. The van der Waals surface area contributed by atoms with Gasteiger partial charge >= 0.3 is 0 Å². The van der Waals surface area contributed by atoms with E-state index in [2.05, 4.69) is 6.58 Å². The molecule has 0 aromatic heterocycles. The van der Waals surface area contributed by atoms with Crippen LogP contribution in [-0.4, -0.2) is 24.9 Å². The second kappa shape index (κ2) is 9.44. The molecule has 0 aliphatic carbocycles. The maximum Gasteiger partial charge on any atom is 0.0715 e. The van der Waals surface area contributed by atoms with Crippen molar-refractivity contribution < 1.29 is 9.84 Å². The number of ether oxygens (including phenoxy) is 1. The molecule has 0 rings (SSSR count). The van der Waals surface area contributed by atoms with Gasteiger partial charge in [0.25, 0.3) is 0 Å². The van der Waals surface area contributed by atoms with Gasteiger partial charge in [-0.25, -0.2) is 0 Å². The van der Waals surface area contributed by atoms with Gasteiger partial charge in [-0.05, 0) is 25.0 Å². The summed E-state index contributed by atoms with van der Waals surface area (Å²) in [6, 6.07) is 0. The first-order valence-corrected chi connectivity index (χ1v) is 5.05. The van der Waals surface area contributed by atoms with Gasteiger partial charge in [-0.1, -0.05) is 37.0 Å². The highest BCUT2D eigenvalue weighted by Gasteiger charge is 1.93. The highest BCUT2D eigenvalue weighted by atomic mass is 16.5. The monoisotopic (exact) mass is 208 g/mol. The summed E-state index contributed by atoms with van der Waals surface area (Å²) < 4.78 is 5.32. The average molecular weight is 208 g/mol. The zero-order chi connectivity index (χ0) is 11.5. The zero-order valence-electron chi connectivity index (χ0n) is 9.57. The Hall–Kier alpha value is -1.12. The minimum Gasteiger partial charge on any atom is -0.392 e. The van der Waals surface area contributed by atoms with Gasteiger partial charge in [0.05, 0.1) is 19.8 Å². The smallest absolute Gasteiger partial charge is 0.0715 e.